The second-order valence-corrected chi connectivity index (χ2v) is 5.65. The van der Waals surface area contributed by atoms with Crippen LogP contribution in [0.5, 0.6) is 0 Å². The highest BCUT2D eigenvalue weighted by atomic mass is 35.5. The molecule has 1 unspecified atom stereocenters. The summed E-state index contributed by atoms with van der Waals surface area (Å²) in [7, 11) is 1.93. The average Bonchev–Trinajstić information content (AvgIpc) is 2.79. The van der Waals surface area contributed by atoms with Crippen molar-refractivity contribution in [2.75, 3.05) is 7.05 Å². The Labute approximate surface area is 129 Å². The first-order chi connectivity index (χ1) is 9.55. The van der Waals surface area contributed by atoms with Gasteiger partial charge in [-0.15, -0.1) is 0 Å². The number of aryl methyl sites for hydroxylation is 2. The summed E-state index contributed by atoms with van der Waals surface area (Å²) in [5, 5.41) is 9.22. The Hall–Kier alpha value is -1.03. The van der Waals surface area contributed by atoms with E-state index in [2.05, 4.69) is 23.4 Å². The predicted octanol–water partition coefficient (Wildman–Crippen LogP) is 4.02. The molecule has 1 atom stereocenters. The molecule has 0 aliphatic carbocycles. The molecule has 2 rings (SSSR count). The van der Waals surface area contributed by atoms with Crippen molar-refractivity contribution in [1.29, 1.82) is 0 Å². The van der Waals surface area contributed by atoms with Gasteiger partial charge in [-0.3, -0.25) is 4.68 Å². The molecule has 1 heterocycles. The molecule has 0 amide bonds. The van der Waals surface area contributed by atoms with Gasteiger partial charge in [-0.2, -0.15) is 5.10 Å². The molecule has 0 spiro atoms. The van der Waals surface area contributed by atoms with Gasteiger partial charge in [-0.1, -0.05) is 23.2 Å². The highest BCUT2D eigenvalue weighted by Crippen LogP contribution is 2.28. The minimum atomic E-state index is 0.114. The van der Waals surface area contributed by atoms with Crippen LogP contribution in [0.15, 0.2) is 24.3 Å². The van der Waals surface area contributed by atoms with Crippen molar-refractivity contribution < 1.29 is 0 Å². The molecule has 5 heteroatoms. The summed E-state index contributed by atoms with van der Waals surface area (Å²) in [6.45, 7) is 4.97. The van der Waals surface area contributed by atoms with Crippen LogP contribution in [0.1, 0.15) is 29.9 Å². The number of nitrogens with zero attached hydrogens (tertiary/aromatic N) is 2. The number of halogens is 2. The van der Waals surface area contributed by atoms with E-state index in [1.807, 2.05) is 30.8 Å². The average molecular weight is 312 g/mol. The van der Waals surface area contributed by atoms with Crippen LogP contribution in [0.2, 0.25) is 10.0 Å². The van der Waals surface area contributed by atoms with Gasteiger partial charge in [0, 0.05) is 34.7 Å². The Bertz CT molecular complexity index is 593. The van der Waals surface area contributed by atoms with E-state index in [0.29, 0.717) is 5.02 Å². The maximum Gasteiger partial charge on any atom is 0.0596 e. The number of hydrogen-bond acceptors (Lipinski definition) is 2. The number of likely N-dealkylation sites (N-methyl/N-ethyl adjacent to an activating group) is 1. The van der Waals surface area contributed by atoms with Gasteiger partial charge in [0.05, 0.1) is 5.69 Å². The van der Waals surface area contributed by atoms with Crippen LogP contribution >= 0.6 is 23.2 Å². The molecule has 1 aromatic heterocycles. The second kappa shape index (κ2) is 6.61. The largest absolute Gasteiger partial charge is 0.313 e. The van der Waals surface area contributed by atoms with E-state index in [4.69, 9.17) is 23.2 Å². The highest BCUT2D eigenvalue weighted by Gasteiger charge is 2.16. The Morgan fingerprint density at radius 2 is 2.05 bits per heavy atom. The van der Waals surface area contributed by atoms with Crippen molar-refractivity contribution in [2.45, 2.75) is 32.9 Å². The number of rotatable bonds is 5. The molecular formula is C15H19Cl2N3. The topological polar surface area (TPSA) is 29.9 Å². The van der Waals surface area contributed by atoms with E-state index in [1.165, 1.54) is 5.69 Å². The lowest BCUT2D eigenvalue weighted by molar-refractivity contribution is 0.541. The normalized spacial score (nSPS) is 12.7. The third-order valence-corrected chi connectivity index (χ3v) is 3.96. The van der Waals surface area contributed by atoms with Crippen LogP contribution in [-0.2, 0) is 13.0 Å². The third-order valence-electron chi connectivity index (χ3n) is 3.38. The van der Waals surface area contributed by atoms with Crippen LogP contribution in [0.4, 0.5) is 0 Å². The zero-order valence-electron chi connectivity index (χ0n) is 12.0. The van der Waals surface area contributed by atoms with Gasteiger partial charge in [0.25, 0.3) is 0 Å². The van der Waals surface area contributed by atoms with E-state index in [1.54, 1.807) is 6.07 Å². The summed E-state index contributed by atoms with van der Waals surface area (Å²) < 4.78 is 2.03. The molecule has 108 valence electrons. The first kappa shape index (κ1) is 15.4. The molecule has 0 saturated heterocycles. The lowest BCUT2D eigenvalue weighted by Gasteiger charge is -2.19. The molecule has 0 aliphatic rings. The van der Waals surface area contributed by atoms with Crippen molar-refractivity contribution in [2.24, 2.45) is 0 Å². The Morgan fingerprint density at radius 3 is 2.70 bits per heavy atom. The maximum atomic E-state index is 6.29. The van der Waals surface area contributed by atoms with Crippen LogP contribution in [0.3, 0.4) is 0 Å². The molecule has 2 aromatic rings. The van der Waals surface area contributed by atoms with E-state index in [-0.39, 0.29) is 6.04 Å². The summed E-state index contributed by atoms with van der Waals surface area (Å²) >= 11 is 12.4. The summed E-state index contributed by atoms with van der Waals surface area (Å²) in [5.74, 6) is 0. The summed E-state index contributed by atoms with van der Waals surface area (Å²) in [5.41, 5.74) is 3.25. The van der Waals surface area contributed by atoms with Gasteiger partial charge in [-0.25, -0.2) is 0 Å². The summed E-state index contributed by atoms with van der Waals surface area (Å²) in [4.78, 5) is 0. The number of nitrogens with one attached hydrogen (secondary N) is 1. The molecule has 1 aromatic carbocycles. The quantitative estimate of drug-likeness (QED) is 0.903. The fourth-order valence-corrected chi connectivity index (χ4v) is 2.83. The number of benzene rings is 1. The van der Waals surface area contributed by atoms with E-state index >= 15 is 0 Å². The van der Waals surface area contributed by atoms with Gasteiger partial charge in [0.1, 0.15) is 0 Å². The van der Waals surface area contributed by atoms with Crippen molar-refractivity contribution in [3.05, 3.63) is 51.3 Å². The van der Waals surface area contributed by atoms with Crippen molar-refractivity contribution in [1.82, 2.24) is 15.1 Å². The van der Waals surface area contributed by atoms with E-state index in [0.717, 1.165) is 29.2 Å². The van der Waals surface area contributed by atoms with Crippen molar-refractivity contribution >= 4 is 23.2 Å². The van der Waals surface area contributed by atoms with Gasteiger partial charge in [-0.05, 0) is 50.7 Å². The minimum Gasteiger partial charge on any atom is -0.313 e. The van der Waals surface area contributed by atoms with Gasteiger partial charge in [0.15, 0.2) is 0 Å². The zero-order valence-corrected chi connectivity index (χ0v) is 13.5. The molecule has 0 aliphatic heterocycles. The highest BCUT2D eigenvalue weighted by molar-refractivity contribution is 6.33. The molecule has 0 radical (unpaired) electrons. The lowest BCUT2D eigenvalue weighted by Crippen LogP contribution is -2.21. The first-order valence-electron chi connectivity index (χ1n) is 6.70. The van der Waals surface area contributed by atoms with Crippen LogP contribution in [0, 0.1) is 6.92 Å². The molecular weight excluding hydrogens is 293 g/mol. The van der Waals surface area contributed by atoms with Crippen LogP contribution < -0.4 is 5.32 Å². The SMILES string of the molecule is CCn1nc(C)cc1CC(NC)c1cc(Cl)ccc1Cl. The number of hydrogen-bond donors (Lipinski definition) is 1. The lowest BCUT2D eigenvalue weighted by atomic mass is 10.0. The van der Waals surface area contributed by atoms with Crippen molar-refractivity contribution in [3.8, 4) is 0 Å². The standard InChI is InChI=1S/C15H19Cl2N3/c1-4-20-12(7-10(2)19-20)9-15(18-3)13-8-11(16)5-6-14(13)17/h5-8,15,18H,4,9H2,1-3H3. The smallest absolute Gasteiger partial charge is 0.0596 e. The van der Waals surface area contributed by atoms with Crippen molar-refractivity contribution in [3.63, 3.8) is 0 Å². The molecule has 3 nitrogen and oxygen atoms in total. The Morgan fingerprint density at radius 1 is 1.30 bits per heavy atom. The van der Waals surface area contributed by atoms with Gasteiger partial charge in [0.2, 0.25) is 0 Å². The monoisotopic (exact) mass is 311 g/mol. The maximum absolute atomic E-state index is 6.29. The van der Waals surface area contributed by atoms with Crippen LogP contribution in [-0.4, -0.2) is 16.8 Å². The van der Waals surface area contributed by atoms with E-state index < -0.39 is 0 Å². The summed E-state index contributed by atoms with van der Waals surface area (Å²) in [6, 6.07) is 7.80. The molecule has 0 fully saturated rings. The minimum absolute atomic E-state index is 0.114. The zero-order chi connectivity index (χ0) is 14.7. The third kappa shape index (κ3) is 3.35. The second-order valence-electron chi connectivity index (χ2n) is 4.80. The molecule has 0 bridgehead atoms. The van der Waals surface area contributed by atoms with Gasteiger partial charge >= 0.3 is 0 Å². The molecule has 20 heavy (non-hydrogen) atoms. The fraction of sp³-hybridized carbons (Fsp3) is 0.400. The Kier molecular flexibility index (Phi) is 5.08. The number of aromatic nitrogens is 2. The Balaban J connectivity index is 2.30. The van der Waals surface area contributed by atoms with Gasteiger partial charge < -0.3 is 5.32 Å². The fourth-order valence-electron chi connectivity index (χ4n) is 2.40. The van der Waals surface area contributed by atoms with E-state index in [9.17, 15) is 0 Å². The summed E-state index contributed by atoms with van der Waals surface area (Å²) in [6.07, 6.45) is 0.825. The molecule has 1 N–H and O–H groups in total. The first-order valence-corrected chi connectivity index (χ1v) is 7.46. The molecule has 0 saturated carbocycles. The van der Waals surface area contributed by atoms with Crippen LogP contribution in [0.25, 0.3) is 0 Å². The predicted molar refractivity (Wildman–Crippen MR) is 84.6 cm³/mol.